The first-order valence-corrected chi connectivity index (χ1v) is 9.92. The first kappa shape index (κ1) is 21.4. The van der Waals surface area contributed by atoms with Crippen LogP contribution in [-0.4, -0.2) is 40.5 Å². The number of aromatic nitrogens is 1. The molecule has 0 aliphatic carbocycles. The summed E-state index contributed by atoms with van der Waals surface area (Å²) in [6, 6.07) is 14.7. The van der Waals surface area contributed by atoms with Crippen molar-refractivity contribution >= 4 is 22.8 Å². The van der Waals surface area contributed by atoms with Crippen LogP contribution >= 0.6 is 0 Å². The number of nitrogens with zero attached hydrogens (tertiary/aromatic N) is 2. The van der Waals surface area contributed by atoms with E-state index in [1.165, 1.54) is 12.1 Å². The predicted octanol–water partition coefficient (Wildman–Crippen LogP) is 4.84. The van der Waals surface area contributed by atoms with Gasteiger partial charge in [-0.15, -0.1) is 0 Å². The second kappa shape index (κ2) is 9.03. The highest BCUT2D eigenvalue weighted by molar-refractivity contribution is 6.05. The van der Waals surface area contributed by atoms with E-state index in [4.69, 9.17) is 4.74 Å². The molecule has 0 N–H and O–H groups in total. The zero-order chi connectivity index (χ0) is 21.8. The van der Waals surface area contributed by atoms with E-state index in [-0.39, 0.29) is 30.4 Å². The van der Waals surface area contributed by atoms with E-state index in [1.807, 2.05) is 39.8 Å². The van der Waals surface area contributed by atoms with Crippen molar-refractivity contribution in [3.63, 3.8) is 0 Å². The predicted molar refractivity (Wildman–Crippen MR) is 115 cm³/mol. The number of benzene rings is 2. The normalized spacial score (nSPS) is 11.2. The van der Waals surface area contributed by atoms with Crippen LogP contribution in [0.15, 0.2) is 54.6 Å². The summed E-state index contributed by atoms with van der Waals surface area (Å²) in [5.41, 5.74) is 2.13. The Balaban J connectivity index is 1.91. The third-order valence-electron chi connectivity index (χ3n) is 4.80. The molecular formula is C24H25FN2O3. The lowest BCUT2D eigenvalue weighted by Crippen LogP contribution is -2.44. The molecule has 0 saturated heterocycles. The van der Waals surface area contributed by atoms with Crippen molar-refractivity contribution in [2.75, 3.05) is 6.61 Å². The van der Waals surface area contributed by atoms with Gasteiger partial charge in [-0.3, -0.25) is 4.79 Å². The number of halogens is 1. The van der Waals surface area contributed by atoms with Crippen LogP contribution in [0.25, 0.3) is 22.2 Å². The standard InChI is InChI=1S/C24H25FN2O3/c1-15(2)27(16(3)4)23(28)14-30-24(29)20-13-22(17-9-11-18(25)12-10-17)26-21-8-6-5-7-19(20)21/h5-13,15-16H,14H2,1-4H3. The number of rotatable bonds is 6. The van der Waals surface area contributed by atoms with E-state index < -0.39 is 5.97 Å². The van der Waals surface area contributed by atoms with Crippen molar-refractivity contribution in [2.24, 2.45) is 0 Å². The summed E-state index contributed by atoms with van der Waals surface area (Å²) in [5, 5.41) is 0.630. The molecule has 0 aliphatic rings. The zero-order valence-electron chi connectivity index (χ0n) is 17.6. The molecule has 1 heterocycles. The van der Waals surface area contributed by atoms with Gasteiger partial charge in [-0.1, -0.05) is 18.2 Å². The summed E-state index contributed by atoms with van der Waals surface area (Å²) < 4.78 is 18.7. The van der Waals surface area contributed by atoms with E-state index in [1.54, 1.807) is 35.2 Å². The molecule has 2 aromatic carbocycles. The van der Waals surface area contributed by atoms with Crippen LogP contribution in [0.3, 0.4) is 0 Å². The highest BCUT2D eigenvalue weighted by Gasteiger charge is 2.22. The molecule has 6 heteroatoms. The van der Waals surface area contributed by atoms with Gasteiger partial charge in [0.05, 0.1) is 16.8 Å². The average molecular weight is 408 g/mol. The maximum atomic E-state index is 13.3. The number of esters is 1. The van der Waals surface area contributed by atoms with E-state index in [0.29, 0.717) is 27.7 Å². The number of hydrogen-bond donors (Lipinski definition) is 0. The van der Waals surface area contributed by atoms with Gasteiger partial charge in [-0.25, -0.2) is 14.2 Å². The number of carbonyl (C=O) groups is 2. The molecule has 3 aromatic rings. The van der Waals surface area contributed by atoms with Crippen molar-refractivity contribution < 1.29 is 18.7 Å². The molecule has 3 rings (SSSR count). The smallest absolute Gasteiger partial charge is 0.339 e. The number of pyridine rings is 1. The minimum absolute atomic E-state index is 0.00281. The Morgan fingerprint density at radius 1 is 1.00 bits per heavy atom. The second-order valence-corrected chi connectivity index (χ2v) is 7.64. The lowest BCUT2D eigenvalue weighted by atomic mass is 10.0. The molecule has 0 atom stereocenters. The molecule has 5 nitrogen and oxygen atoms in total. The van der Waals surface area contributed by atoms with Gasteiger partial charge in [0.25, 0.3) is 5.91 Å². The lowest BCUT2D eigenvalue weighted by molar-refractivity contribution is -0.138. The van der Waals surface area contributed by atoms with Crippen LogP contribution < -0.4 is 0 Å². The van der Waals surface area contributed by atoms with Gasteiger partial charge < -0.3 is 9.64 Å². The Morgan fingerprint density at radius 2 is 1.63 bits per heavy atom. The Morgan fingerprint density at radius 3 is 2.27 bits per heavy atom. The fourth-order valence-corrected chi connectivity index (χ4v) is 3.56. The molecule has 0 spiro atoms. The van der Waals surface area contributed by atoms with E-state index in [2.05, 4.69) is 4.98 Å². The first-order chi connectivity index (χ1) is 14.3. The van der Waals surface area contributed by atoms with Crippen molar-refractivity contribution in [3.05, 3.63) is 66.0 Å². The molecule has 0 radical (unpaired) electrons. The SMILES string of the molecule is CC(C)N(C(=O)COC(=O)c1cc(-c2ccc(F)cc2)nc2ccccc12)C(C)C. The minimum atomic E-state index is -0.599. The third-order valence-corrected chi connectivity index (χ3v) is 4.80. The van der Waals surface area contributed by atoms with Crippen molar-refractivity contribution in [3.8, 4) is 11.3 Å². The average Bonchev–Trinajstić information content (AvgIpc) is 2.71. The fraction of sp³-hybridized carbons (Fsp3) is 0.292. The maximum absolute atomic E-state index is 13.3. The highest BCUT2D eigenvalue weighted by Crippen LogP contribution is 2.25. The Labute approximate surface area is 175 Å². The summed E-state index contributed by atoms with van der Waals surface area (Å²) in [6.07, 6.45) is 0. The summed E-state index contributed by atoms with van der Waals surface area (Å²) in [6.45, 7) is 7.35. The molecule has 30 heavy (non-hydrogen) atoms. The topological polar surface area (TPSA) is 59.5 Å². The summed E-state index contributed by atoms with van der Waals surface area (Å²) in [4.78, 5) is 31.7. The maximum Gasteiger partial charge on any atom is 0.339 e. The summed E-state index contributed by atoms with van der Waals surface area (Å²) >= 11 is 0. The quantitative estimate of drug-likeness (QED) is 0.548. The molecular weight excluding hydrogens is 383 g/mol. The largest absolute Gasteiger partial charge is 0.452 e. The minimum Gasteiger partial charge on any atom is -0.452 e. The molecule has 156 valence electrons. The number of para-hydroxylation sites is 1. The number of fused-ring (bicyclic) bond motifs is 1. The van der Waals surface area contributed by atoms with Crippen LogP contribution in [0.1, 0.15) is 38.1 Å². The molecule has 0 bridgehead atoms. The van der Waals surface area contributed by atoms with Gasteiger partial charge in [0.15, 0.2) is 6.61 Å². The molecule has 1 amide bonds. The Bertz CT molecular complexity index is 1050. The van der Waals surface area contributed by atoms with E-state index in [0.717, 1.165) is 0 Å². The van der Waals surface area contributed by atoms with E-state index >= 15 is 0 Å². The van der Waals surface area contributed by atoms with Gasteiger partial charge in [-0.05, 0) is 64.1 Å². The Hall–Kier alpha value is -3.28. The van der Waals surface area contributed by atoms with Crippen LogP contribution in [0.4, 0.5) is 4.39 Å². The molecule has 0 aliphatic heterocycles. The van der Waals surface area contributed by atoms with Crippen molar-refractivity contribution in [1.82, 2.24) is 9.88 Å². The lowest BCUT2D eigenvalue weighted by Gasteiger charge is -2.30. The monoisotopic (exact) mass is 408 g/mol. The highest BCUT2D eigenvalue weighted by atomic mass is 19.1. The van der Waals surface area contributed by atoms with E-state index in [9.17, 15) is 14.0 Å². The number of hydrogen-bond acceptors (Lipinski definition) is 4. The zero-order valence-corrected chi connectivity index (χ0v) is 17.6. The van der Waals surface area contributed by atoms with Gasteiger partial charge in [0, 0.05) is 23.0 Å². The number of carbonyl (C=O) groups excluding carboxylic acids is 2. The van der Waals surface area contributed by atoms with Gasteiger partial charge >= 0.3 is 5.97 Å². The molecule has 0 fully saturated rings. The van der Waals surface area contributed by atoms with Crippen molar-refractivity contribution in [2.45, 2.75) is 39.8 Å². The molecule has 1 aromatic heterocycles. The second-order valence-electron chi connectivity index (χ2n) is 7.64. The summed E-state index contributed by atoms with van der Waals surface area (Å²) in [7, 11) is 0. The summed E-state index contributed by atoms with van der Waals surface area (Å²) in [5.74, 6) is -1.19. The van der Waals surface area contributed by atoms with Crippen LogP contribution in [0.2, 0.25) is 0 Å². The molecule has 0 unspecified atom stereocenters. The molecule has 0 saturated carbocycles. The van der Waals surface area contributed by atoms with Crippen LogP contribution in [-0.2, 0) is 9.53 Å². The van der Waals surface area contributed by atoms with Gasteiger partial charge in [0.1, 0.15) is 5.82 Å². The van der Waals surface area contributed by atoms with Gasteiger partial charge in [-0.2, -0.15) is 0 Å². The van der Waals surface area contributed by atoms with Crippen LogP contribution in [0.5, 0.6) is 0 Å². The fourth-order valence-electron chi connectivity index (χ4n) is 3.56. The van der Waals surface area contributed by atoms with Gasteiger partial charge in [0.2, 0.25) is 0 Å². The van der Waals surface area contributed by atoms with Crippen molar-refractivity contribution in [1.29, 1.82) is 0 Å². The number of ether oxygens (including phenoxy) is 1. The number of amides is 1. The first-order valence-electron chi connectivity index (χ1n) is 9.92. The Kier molecular flexibility index (Phi) is 6.45. The third kappa shape index (κ3) is 4.64. The van der Waals surface area contributed by atoms with Crippen LogP contribution in [0, 0.1) is 5.82 Å².